The number of hydrogen-bond donors (Lipinski definition) is 2. The Hall–Kier alpha value is -4.47. The Balaban J connectivity index is 1.34. The molecule has 2 aliphatic rings. The summed E-state index contributed by atoms with van der Waals surface area (Å²) >= 11 is 0. The summed E-state index contributed by atoms with van der Waals surface area (Å²) in [4.78, 5) is 42.9. The summed E-state index contributed by atoms with van der Waals surface area (Å²) in [6.45, 7) is 13.3. The predicted octanol–water partition coefficient (Wildman–Crippen LogP) is 6.27. The van der Waals surface area contributed by atoms with E-state index in [1.54, 1.807) is 23.9 Å². The van der Waals surface area contributed by atoms with Crippen LogP contribution in [-0.2, 0) is 11.3 Å². The average Bonchev–Trinajstić information content (AvgIpc) is 3.54. The summed E-state index contributed by atoms with van der Waals surface area (Å²) in [5.74, 6) is -0.635. The zero-order valence-corrected chi connectivity index (χ0v) is 27.2. The first kappa shape index (κ1) is 31.9. The number of anilines is 1. The molecule has 3 atom stereocenters. The highest BCUT2D eigenvalue weighted by Gasteiger charge is 2.44. The van der Waals surface area contributed by atoms with Gasteiger partial charge >= 0.3 is 12.1 Å². The van der Waals surface area contributed by atoms with Gasteiger partial charge in [0, 0.05) is 42.6 Å². The highest BCUT2D eigenvalue weighted by Crippen LogP contribution is 2.35. The summed E-state index contributed by atoms with van der Waals surface area (Å²) in [5, 5.41) is 13.0. The second-order valence-electron chi connectivity index (χ2n) is 13.0. The fourth-order valence-electron chi connectivity index (χ4n) is 6.49. The van der Waals surface area contributed by atoms with Gasteiger partial charge in [0.1, 0.15) is 17.0 Å². The van der Waals surface area contributed by atoms with Gasteiger partial charge in [-0.2, -0.15) is 0 Å². The van der Waals surface area contributed by atoms with E-state index in [4.69, 9.17) is 9.47 Å². The quantitative estimate of drug-likeness (QED) is 0.307. The lowest BCUT2D eigenvalue weighted by atomic mass is 9.98. The van der Waals surface area contributed by atoms with Crippen LogP contribution in [0, 0.1) is 6.92 Å². The number of hydrogen-bond acceptors (Lipinski definition) is 6. The third kappa shape index (κ3) is 6.65. The number of aromatic nitrogens is 1. The lowest BCUT2D eigenvalue weighted by molar-refractivity contribution is 0.0123. The number of aryl methyl sites for hydroxylation is 2. The molecule has 10 heteroatoms. The van der Waals surface area contributed by atoms with Crippen molar-refractivity contribution in [1.29, 1.82) is 0 Å². The Labute approximate surface area is 264 Å². The molecule has 2 amide bonds. The van der Waals surface area contributed by atoms with E-state index in [1.807, 2.05) is 82.8 Å². The fourth-order valence-corrected chi connectivity index (χ4v) is 6.49. The first-order chi connectivity index (χ1) is 21.3. The van der Waals surface area contributed by atoms with Crippen molar-refractivity contribution in [3.8, 4) is 16.9 Å². The van der Waals surface area contributed by atoms with Gasteiger partial charge in [-0.15, -0.1) is 0 Å². The number of carbonyl (C=O) groups excluding carboxylic acids is 2. The third-order valence-corrected chi connectivity index (χ3v) is 8.75. The van der Waals surface area contributed by atoms with Gasteiger partial charge in [0.15, 0.2) is 0 Å². The average molecular weight is 617 g/mol. The highest BCUT2D eigenvalue weighted by atomic mass is 16.6. The SMILES string of the molecule is CCn1ccc(-c2cc(OC)cc([C@@H](C)NC(=O)c3cc(N4C[C@H]5CC[C@@H](C4)N5C(=O)OC(C)(C)C)ccc3C)c2)c1C(=O)O. The molecule has 45 heavy (non-hydrogen) atoms. The Kier molecular flexibility index (Phi) is 8.87. The maximum absolute atomic E-state index is 13.7. The molecular weight excluding hydrogens is 572 g/mol. The number of carboxylic acid groups (broad SMARTS) is 1. The van der Waals surface area contributed by atoms with Crippen LogP contribution < -0.4 is 15.0 Å². The standard InChI is InChI=1S/C35H44N4O6/c1-8-37-14-13-29(31(37)33(41)42)24-15-23(16-28(17-24)44-7)22(3)36-32(40)30-18-25(10-9-21(30)2)38-19-26-11-12-27(20-38)39(26)34(43)45-35(4,5)6/h9-10,13-18,22,26-27H,8,11-12,19-20H2,1-7H3,(H,36,40)(H,41,42)/t22-,26-,27+/m1/s1. The number of fused-ring (bicyclic) bond motifs is 2. The summed E-state index contributed by atoms with van der Waals surface area (Å²) in [7, 11) is 1.57. The Bertz CT molecular complexity index is 1590. The molecule has 0 aliphatic carbocycles. The van der Waals surface area contributed by atoms with Crippen LogP contribution in [0.2, 0.25) is 0 Å². The van der Waals surface area contributed by atoms with Crippen LogP contribution in [0.5, 0.6) is 5.75 Å². The summed E-state index contributed by atoms with van der Waals surface area (Å²) in [6.07, 6.45) is 3.37. The topological polar surface area (TPSA) is 113 Å². The third-order valence-electron chi connectivity index (χ3n) is 8.75. The molecule has 0 radical (unpaired) electrons. The molecule has 5 rings (SSSR count). The molecule has 3 aromatic rings. The Morgan fingerprint density at radius 2 is 1.73 bits per heavy atom. The number of aromatic carboxylic acids is 1. The van der Waals surface area contributed by atoms with Crippen molar-refractivity contribution in [2.45, 2.75) is 84.7 Å². The van der Waals surface area contributed by atoms with Gasteiger partial charge in [0.05, 0.1) is 25.2 Å². The normalized spacial score (nSPS) is 18.5. The first-order valence-corrected chi connectivity index (χ1v) is 15.6. The van der Waals surface area contributed by atoms with Crippen molar-refractivity contribution < 1.29 is 29.0 Å². The molecule has 3 heterocycles. The maximum Gasteiger partial charge on any atom is 0.410 e. The van der Waals surface area contributed by atoms with Crippen LogP contribution in [0.4, 0.5) is 10.5 Å². The van der Waals surface area contributed by atoms with Crippen LogP contribution in [0.15, 0.2) is 48.7 Å². The number of nitrogens with one attached hydrogen (secondary N) is 1. The summed E-state index contributed by atoms with van der Waals surface area (Å²) < 4.78 is 12.9. The predicted molar refractivity (Wildman–Crippen MR) is 173 cm³/mol. The van der Waals surface area contributed by atoms with Gasteiger partial charge < -0.3 is 29.4 Å². The number of amides is 2. The number of piperazine rings is 1. The fraction of sp³-hybridized carbons (Fsp3) is 0.457. The van der Waals surface area contributed by atoms with Crippen molar-refractivity contribution in [2.24, 2.45) is 0 Å². The zero-order valence-electron chi connectivity index (χ0n) is 27.2. The van der Waals surface area contributed by atoms with Crippen LogP contribution in [-0.4, -0.2) is 70.4 Å². The molecule has 2 fully saturated rings. The molecular formula is C35H44N4O6. The minimum atomic E-state index is -1.00. The second-order valence-corrected chi connectivity index (χ2v) is 13.0. The van der Waals surface area contributed by atoms with Gasteiger partial charge in [-0.1, -0.05) is 6.07 Å². The van der Waals surface area contributed by atoms with E-state index >= 15 is 0 Å². The van der Waals surface area contributed by atoms with Gasteiger partial charge in [-0.25, -0.2) is 9.59 Å². The number of benzene rings is 2. The highest BCUT2D eigenvalue weighted by molar-refractivity contribution is 5.97. The van der Waals surface area contributed by atoms with E-state index in [0.29, 0.717) is 42.1 Å². The largest absolute Gasteiger partial charge is 0.497 e. The molecule has 0 spiro atoms. The number of methoxy groups -OCH3 is 1. The molecule has 2 saturated heterocycles. The molecule has 2 aliphatic heterocycles. The van der Waals surface area contributed by atoms with Crippen LogP contribution in [0.25, 0.3) is 11.1 Å². The Morgan fingerprint density at radius 1 is 1.04 bits per heavy atom. The first-order valence-electron chi connectivity index (χ1n) is 15.6. The minimum absolute atomic E-state index is 0.0651. The lowest BCUT2D eigenvalue weighted by Gasteiger charge is -2.42. The molecule has 1 aromatic heterocycles. The lowest BCUT2D eigenvalue weighted by Crippen LogP contribution is -2.56. The molecule has 10 nitrogen and oxygen atoms in total. The monoisotopic (exact) mass is 616 g/mol. The second kappa shape index (κ2) is 12.5. The molecule has 240 valence electrons. The van der Waals surface area contributed by atoms with Crippen molar-refractivity contribution in [3.05, 3.63) is 71.0 Å². The number of carbonyl (C=O) groups is 3. The van der Waals surface area contributed by atoms with E-state index in [9.17, 15) is 19.5 Å². The number of carboxylic acids is 1. The van der Waals surface area contributed by atoms with Gasteiger partial charge in [0.25, 0.3) is 5.91 Å². The number of ether oxygens (including phenoxy) is 2. The van der Waals surface area contributed by atoms with Crippen molar-refractivity contribution in [2.75, 3.05) is 25.1 Å². The van der Waals surface area contributed by atoms with Gasteiger partial charge in [0.2, 0.25) is 0 Å². The zero-order chi connectivity index (χ0) is 32.6. The van der Waals surface area contributed by atoms with Crippen LogP contribution in [0.1, 0.15) is 85.5 Å². The van der Waals surface area contributed by atoms with Gasteiger partial charge in [-0.05, 0) is 107 Å². The van der Waals surface area contributed by atoms with Crippen molar-refractivity contribution in [1.82, 2.24) is 14.8 Å². The molecule has 2 aromatic carbocycles. The molecule has 0 saturated carbocycles. The minimum Gasteiger partial charge on any atom is -0.497 e. The van der Waals surface area contributed by atoms with E-state index in [0.717, 1.165) is 29.7 Å². The number of rotatable bonds is 8. The van der Waals surface area contributed by atoms with Crippen LogP contribution in [0.3, 0.4) is 0 Å². The smallest absolute Gasteiger partial charge is 0.410 e. The summed E-state index contributed by atoms with van der Waals surface area (Å²) in [5.41, 5.74) is 4.14. The van der Waals surface area contributed by atoms with Crippen LogP contribution >= 0.6 is 0 Å². The van der Waals surface area contributed by atoms with Crippen molar-refractivity contribution in [3.63, 3.8) is 0 Å². The maximum atomic E-state index is 13.7. The van der Waals surface area contributed by atoms with E-state index < -0.39 is 11.6 Å². The van der Waals surface area contributed by atoms with Gasteiger partial charge in [-0.3, -0.25) is 9.69 Å². The number of nitrogens with zero attached hydrogens (tertiary/aromatic N) is 3. The molecule has 2 bridgehead atoms. The summed E-state index contributed by atoms with van der Waals surface area (Å²) in [6, 6.07) is 13.0. The Morgan fingerprint density at radius 3 is 2.33 bits per heavy atom. The molecule has 2 N–H and O–H groups in total. The van der Waals surface area contributed by atoms with E-state index in [2.05, 4.69) is 10.2 Å². The van der Waals surface area contributed by atoms with E-state index in [-0.39, 0.29) is 35.8 Å². The molecule has 0 unspecified atom stereocenters. The van der Waals surface area contributed by atoms with E-state index in [1.165, 1.54) is 0 Å². The van der Waals surface area contributed by atoms with Crippen molar-refractivity contribution >= 4 is 23.7 Å².